The summed E-state index contributed by atoms with van der Waals surface area (Å²) in [4.78, 5) is 26.9. The molecule has 0 N–H and O–H groups in total. The highest BCUT2D eigenvalue weighted by Gasteiger charge is 2.38. The molecular weight excluding hydrogens is 366 g/mol. The molecule has 0 spiro atoms. The number of benzene rings is 2. The molecule has 3 aromatic rings. The van der Waals surface area contributed by atoms with E-state index in [2.05, 4.69) is 23.0 Å². The molecule has 0 fully saturated rings. The molecule has 0 atom stereocenters. The fourth-order valence-corrected chi connectivity index (χ4v) is 3.90. The quantitative estimate of drug-likeness (QED) is 0.489. The summed E-state index contributed by atoms with van der Waals surface area (Å²) in [6.07, 6.45) is 0. The van der Waals surface area contributed by atoms with E-state index >= 15 is 0 Å². The second-order valence-corrected chi connectivity index (χ2v) is 6.50. The first-order valence-corrected chi connectivity index (χ1v) is 10.1. The van der Waals surface area contributed by atoms with Gasteiger partial charge in [0, 0.05) is 6.07 Å². The maximum atomic E-state index is 12.8. The highest BCUT2D eigenvalue weighted by Crippen LogP contribution is 2.26. The summed E-state index contributed by atoms with van der Waals surface area (Å²) in [6, 6.07) is 12.9. The molecular formula is C23H28N3O3+. The van der Waals surface area contributed by atoms with Crippen LogP contribution in [0.4, 0.5) is 0 Å². The zero-order valence-electron chi connectivity index (χ0n) is 17.7. The van der Waals surface area contributed by atoms with Crippen LogP contribution in [0.2, 0.25) is 0 Å². The van der Waals surface area contributed by atoms with E-state index in [0.29, 0.717) is 11.1 Å². The number of aryl methyl sites for hydroxylation is 2. The maximum Gasteiger partial charge on any atom is 0.277 e. The van der Waals surface area contributed by atoms with E-state index in [1.807, 2.05) is 32.0 Å². The number of hydrogen-bond acceptors (Lipinski definition) is 3. The Morgan fingerprint density at radius 2 is 1.59 bits per heavy atom. The summed E-state index contributed by atoms with van der Waals surface area (Å²) in [6.45, 7) is 9.84. The Morgan fingerprint density at radius 3 is 2.10 bits per heavy atom. The molecule has 2 aromatic carbocycles. The van der Waals surface area contributed by atoms with Gasteiger partial charge in [-0.3, -0.25) is 14.5 Å². The topological polar surface area (TPSA) is 55.4 Å². The first kappa shape index (κ1) is 20.6. The summed E-state index contributed by atoms with van der Waals surface area (Å²) in [5.74, 6) is 1.25. The third kappa shape index (κ3) is 3.28. The fraction of sp³-hybridized carbons (Fsp3) is 0.348. The number of imide groups is 1. The highest BCUT2D eigenvalue weighted by atomic mass is 16.5. The summed E-state index contributed by atoms with van der Waals surface area (Å²) in [5.41, 5.74) is 3.05. The summed E-state index contributed by atoms with van der Waals surface area (Å²) in [7, 11) is 1.65. The monoisotopic (exact) mass is 394 g/mol. The number of ether oxygens (including phenoxy) is 1. The summed E-state index contributed by atoms with van der Waals surface area (Å²) < 4.78 is 9.67. The van der Waals surface area contributed by atoms with E-state index in [-0.39, 0.29) is 18.4 Å². The van der Waals surface area contributed by atoms with Crippen molar-refractivity contribution < 1.29 is 18.9 Å². The van der Waals surface area contributed by atoms with Gasteiger partial charge in [0.1, 0.15) is 12.3 Å². The lowest BCUT2D eigenvalue weighted by Crippen LogP contribution is -2.41. The first-order chi connectivity index (χ1) is 14.1. The third-order valence-corrected chi connectivity index (χ3v) is 5.20. The average Bonchev–Trinajstić information content (AvgIpc) is 3.21. The van der Waals surface area contributed by atoms with Crippen LogP contribution in [0.15, 0.2) is 42.5 Å². The lowest BCUT2D eigenvalue weighted by atomic mass is 10.1. The van der Waals surface area contributed by atoms with Crippen molar-refractivity contribution in [1.82, 2.24) is 9.47 Å². The van der Waals surface area contributed by atoms with Crippen molar-refractivity contribution in [2.24, 2.45) is 0 Å². The molecule has 0 radical (unpaired) electrons. The van der Waals surface area contributed by atoms with Gasteiger partial charge in [0.25, 0.3) is 17.6 Å². The predicted molar refractivity (Wildman–Crippen MR) is 112 cm³/mol. The van der Waals surface area contributed by atoms with Crippen LogP contribution in [-0.2, 0) is 19.6 Å². The molecule has 0 saturated heterocycles. The van der Waals surface area contributed by atoms with Gasteiger partial charge in [-0.25, -0.2) is 9.13 Å². The van der Waals surface area contributed by atoms with Crippen molar-refractivity contribution in [3.8, 4) is 5.75 Å². The van der Waals surface area contributed by atoms with Crippen molar-refractivity contribution in [3.63, 3.8) is 0 Å². The smallest absolute Gasteiger partial charge is 0.277 e. The average molecular weight is 394 g/mol. The number of amides is 2. The first-order valence-electron chi connectivity index (χ1n) is 10.1. The minimum absolute atomic E-state index is 0.233. The summed E-state index contributed by atoms with van der Waals surface area (Å²) in [5, 5.41) is 0. The van der Waals surface area contributed by atoms with E-state index in [4.69, 9.17) is 4.74 Å². The maximum absolute atomic E-state index is 12.8. The molecule has 6 heteroatoms. The van der Waals surface area contributed by atoms with Crippen LogP contribution < -0.4 is 9.30 Å². The number of nitrogens with zero attached hydrogens (tertiary/aromatic N) is 3. The second kappa shape index (κ2) is 8.47. The van der Waals surface area contributed by atoms with Crippen LogP contribution in [0, 0.1) is 0 Å². The van der Waals surface area contributed by atoms with Crippen molar-refractivity contribution >= 4 is 22.8 Å². The Labute approximate surface area is 171 Å². The SMILES string of the molecule is CC.CCn1c(CN2C(=O)c3ccccc3C2=O)[n+](CC)c2ccc(OC)cc21. The number of imidazole rings is 1. The minimum atomic E-state index is -0.233. The molecule has 0 saturated carbocycles. The number of rotatable bonds is 5. The zero-order valence-corrected chi connectivity index (χ0v) is 17.7. The molecule has 152 valence electrons. The van der Waals surface area contributed by atoms with Crippen LogP contribution >= 0.6 is 0 Å². The molecule has 0 aliphatic carbocycles. The fourth-order valence-electron chi connectivity index (χ4n) is 3.90. The molecule has 1 aliphatic heterocycles. The van der Waals surface area contributed by atoms with Gasteiger partial charge in [0.15, 0.2) is 11.0 Å². The zero-order chi connectivity index (χ0) is 21.1. The van der Waals surface area contributed by atoms with Gasteiger partial charge in [0.2, 0.25) is 0 Å². The number of aromatic nitrogens is 2. The van der Waals surface area contributed by atoms with Crippen LogP contribution in [0.1, 0.15) is 54.2 Å². The van der Waals surface area contributed by atoms with Gasteiger partial charge in [-0.05, 0) is 38.1 Å². The number of carbonyl (C=O) groups excluding carboxylic acids is 2. The predicted octanol–water partition coefficient (Wildman–Crippen LogP) is 3.80. The van der Waals surface area contributed by atoms with Crippen LogP contribution in [0.3, 0.4) is 0 Å². The standard InChI is InChI=1S/C21H22N3O3.C2H6/c1-4-22-17-11-10-14(27-3)12-18(17)23(5-2)19(22)13-24-20(25)15-8-6-7-9-16(15)21(24)26;1-2/h6-12H,4-5,13H2,1-3H3;1-2H3/q+1;. The highest BCUT2D eigenvalue weighted by molar-refractivity contribution is 6.21. The summed E-state index contributed by atoms with van der Waals surface area (Å²) >= 11 is 0. The van der Waals surface area contributed by atoms with Crippen LogP contribution in [0.25, 0.3) is 11.0 Å². The van der Waals surface area contributed by atoms with E-state index in [9.17, 15) is 9.59 Å². The Kier molecular flexibility index (Phi) is 6.01. The lowest BCUT2D eigenvalue weighted by Gasteiger charge is -2.12. The van der Waals surface area contributed by atoms with Gasteiger partial charge < -0.3 is 4.74 Å². The number of methoxy groups -OCH3 is 1. The van der Waals surface area contributed by atoms with Crippen molar-refractivity contribution in [1.29, 1.82) is 0 Å². The Hall–Kier alpha value is -3.15. The Morgan fingerprint density at radius 1 is 0.966 bits per heavy atom. The van der Waals surface area contributed by atoms with Crippen molar-refractivity contribution in [3.05, 3.63) is 59.4 Å². The van der Waals surface area contributed by atoms with Gasteiger partial charge in [0.05, 0.1) is 31.3 Å². The van der Waals surface area contributed by atoms with Gasteiger partial charge in [-0.1, -0.05) is 26.0 Å². The molecule has 0 bridgehead atoms. The van der Waals surface area contributed by atoms with Crippen molar-refractivity contribution in [2.45, 2.75) is 47.3 Å². The van der Waals surface area contributed by atoms with Gasteiger partial charge in [-0.2, -0.15) is 0 Å². The second-order valence-electron chi connectivity index (χ2n) is 6.50. The molecule has 2 amide bonds. The van der Waals surface area contributed by atoms with Gasteiger partial charge in [-0.15, -0.1) is 0 Å². The molecule has 1 aliphatic rings. The normalized spacial score (nSPS) is 12.8. The Bertz CT molecular complexity index is 1030. The molecule has 6 nitrogen and oxygen atoms in total. The van der Waals surface area contributed by atoms with Crippen LogP contribution in [-0.4, -0.2) is 28.4 Å². The number of carbonyl (C=O) groups is 2. The minimum Gasteiger partial charge on any atom is -0.497 e. The molecule has 0 unspecified atom stereocenters. The molecule has 4 rings (SSSR count). The molecule has 1 aromatic heterocycles. The van der Waals surface area contributed by atoms with Crippen LogP contribution in [0.5, 0.6) is 5.75 Å². The number of hydrogen-bond donors (Lipinski definition) is 0. The largest absolute Gasteiger partial charge is 0.497 e. The Balaban J connectivity index is 0.00000117. The lowest BCUT2D eigenvalue weighted by molar-refractivity contribution is -0.677. The van der Waals surface area contributed by atoms with Gasteiger partial charge >= 0.3 is 0 Å². The van der Waals surface area contributed by atoms with E-state index in [1.54, 1.807) is 31.4 Å². The number of fused-ring (bicyclic) bond motifs is 2. The van der Waals surface area contributed by atoms with E-state index in [0.717, 1.165) is 35.7 Å². The van der Waals surface area contributed by atoms with E-state index < -0.39 is 0 Å². The molecule has 29 heavy (non-hydrogen) atoms. The van der Waals surface area contributed by atoms with Crippen molar-refractivity contribution in [2.75, 3.05) is 7.11 Å². The molecule has 2 heterocycles. The third-order valence-electron chi connectivity index (χ3n) is 5.20. The van der Waals surface area contributed by atoms with E-state index in [1.165, 1.54) is 4.90 Å².